The monoisotopic (exact) mass is 243 g/mol. The Morgan fingerprint density at radius 2 is 1.75 bits per heavy atom. The van der Waals surface area contributed by atoms with Crippen LogP contribution >= 0.6 is 12.2 Å². The van der Waals surface area contributed by atoms with Crippen LogP contribution in [0.25, 0.3) is 0 Å². The average molecular weight is 243 g/mol. The molecule has 0 atom stereocenters. The second kappa shape index (κ2) is 5.43. The Morgan fingerprint density at radius 3 is 2.12 bits per heavy atom. The fourth-order valence-electron chi connectivity index (χ4n) is 2.16. The minimum Gasteiger partial charge on any atom is -0.392 e. The number of nitrogens with zero attached hydrogens (tertiary/aromatic N) is 2. The predicted molar refractivity (Wildman–Crippen MR) is 73.7 cm³/mol. The van der Waals surface area contributed by atoms with Gasteiger partial charge in [0.25, 0.3) is 0 Å². The van der Waals surface area contributed by atoms with Gasteiger partial charge in [0.2, 0.25) is 0 Å². The van der Waals surface area contributed by atoms with Crippen molar-refractivity contribution in [2.24, 2.45) is 11.7 Å². The molecule has 16 heavy (non-hydrogen) atoms. The number of rotatable bonds is 4. The molecule has 3 nitrogen and oxygen atoms in total. The van der Waals surface area contributed by atoms with Gasteiger partial charge in [-0.3, -0.25) is 4.90 Å². The zero-order chi connectivity index (χ0) is 12.3. The molecule has 0 aromatic carbocycles. The molecule has 0 aliphatic carbocycles. The first-order valence-corrected chi connectivity index (χ1v) is 6.52. The van der Waals surface area contributed by atoms with Gasteiger partial charge in [-0.1, -0.05) is 26.1 Å². The first kappa shape index (κ1) is 13.9. The molecule has 1 aliphatic rings. The largest absolute Gasteiger partial charge is 0.392 e. The molecule has 0 radical (unpaired) electrons. The molecular formula is C12H25N3S. The van der Waals surface area contributed by atoms with Crippen molar-refractivity contribution in [3.8, 4) is 0 Å². The molecule has 0 saturated carbocycles. The van der Waals surface area contributed by atoms with Gasteiger partial charge < -0.3 is 10.6 Å². The van der Waals surface area contributed by atoms with Gasteiger partial charge in [-0.05, 0) is 19.8 Å². The topological polar surface area (TPSA) is 32.5 Å². The molecule has 0 unspecified atom stereocenters. The van der Waals surface area contributed by atoms with Crippen molar-refractivity contribution in [3.05, 3.63) is 0 Å². The van der Waals surface area contributed by atoms with Crippen molar-refractivity contribution in [1.29, 1.82) is 0 Å². The zero-order valence-corrected chi connectivity index (χ0v) is 11.8. The quantitative estimate of drug-likeness (QED) is 0.755. The molecule has 94 valence electrons. The van der Waals surface area contributed by atoms with Crippen LogP contribution in [0.3, 0.4) is 0 Å². The third-order valence-electron chi connectivity index (χ3n) is 3.39. The van der Waals surface area contributed by atoms with Crippen LogP contribution in [0.2, 0.25) is 0 Å². The third-order valence-corrected chi connectivity index (χ3v) is 3.89. The fraction of sp³-hybridized carbons (Fsp3) is 0.917. The molecule has 1 fully saturated rings. The van der Waals surface area contributed by atoms with Gasteiger partial charge in [0.1, 0.15) is 0 Å². The summed E-state index contributed by atoms with van der Waals surface area (Å²) in [6, 6.07) is 0. The van der Waals surface area contributed by atoms with E-state index in [2.05, 4.69) is 37.5 Å². The molecule has 0 aromatic heterocycles. The van der Waals surface area contributed by atoms with Gasteiger partial charge in [-0.2, -0.15) is 0 Å². The fourth-order valence-corrected chi connectivity index (χ4v) is 2.29. The highest BCUT2D eigenvalue weighted by Crippen LogP contribution is 2.17. The maximum atomic E-state index is 5.79. The number of hydrogen-bond donors (Lipinski definition) is 1. The van der Waals surface area contributed by atoms with Gasteiger partial charge in [0.15, 0.2) is 0 Å². The maximum absolute atomic E-state index is 5.79. The molecule has 1 heterocycles. The van der Waals surface area contributed by atoms with E-state index < -0.39 is 0 Å². The Hall–Kier alpha value is -0.190. The first-order chi connectivity index (χ1) is 7.34. The van der Waals surface area contributed by atoms with Gasteiger partial charge in [0.05, 0.1) is 10.5 Å². The molecule has 0 spiro atoms. The Balaban J connectivity index is 2.46. The summed E-state index contributed by atoms with van der Waals surface area (Å²) in [5.74, 6) is 0.746. The van der Waals surface area contributed by atoms with E-state index in [0.717, 1.165) is 32.1 Å². The lowest BCUT2D eigenvalue weighted by molar-refractivity contribution is 0.0797. The number of nitrogens with two attached hydrogens (primary N) is 1. The lowest BCUT2D eigenvalue weighted by atomic mass is 10.0. The van der Waals surface area contributed by atoms with E-state index in [4.69, 9.17) is 18.0 Å². The second-order valence-electron chi connectivity index (χ2n) is 5.60. The van der Waals surface area contributed by atoms with Crippen molar-refractivity contribution >= 4 is 17.2 Å². The van der Waals surface area contributed by atoms with Gasteiger partial charge in [-0.25, -0.2) is 0 Å². The summed E-state index contributed by atoms with van der Waals surface area (Å²) in [5, 5.41) is 0. The van der Waals surface area contributed by atoms with Crippen LogP contribution < -0.4 is 5.73 Å². The van der Waals surface area contributed by atoms with E-state index >= 15 is 0 Å². The van der Waals surface area contributed by atoms with Crippen LogP contribution in [0.5, 0.6) is 0 Å². The normalized spacial score (nSPS) is 20.3. The van der Waals surface area contributed by atoms with Crippen molar-refractivity contribution in [2.45, 2.75) is 33.2 Å². The Morgan fingerprint density at radius 1 is 1.25 bits per heavy atom. The molecule has 1 rings (SSSR count). The Bertz CT molecular complexity index is 243. The second-order valence-corrected chi connectivity index (χ2v) is 6.04. The molecule has 0 bridgehead atoms. The molecule has 2 N–H and O–H groups in total. The minimum atomic E-state index is -0.140. The number of piperazine rings is 1. The van der Waals surface area contributed by atoms with Gasteiger partial charge in [0, 0.05) is 32.7 Å². The van der Waals surface area contributed by atoms with E-state index in [1.807, 2.05) is 0 Å². The maximum Gasteiger partial charge on any atom is 0.0928 e. The summed E-state index contributed by atoms with van der Waals surface area (Å²) in [6.45, 7) is 14.4. The summed E-state index contributed by atoms with van der Waals surface area (Å²) in [6.07, 6.45) is 0. The lowest BCUT2D eigenvalue weighted by Gasteiger charge is -2.43. The van der Waals surface area contributed by atoms with E-state index in [1.54, 1.807) is 0 Å². The molecule has 4 heteroatoms. The van der Waals surface area contributed by atoms with Crippen LogP contribution in [0, 0.1) is 5.92 Å². The van der Waals surface area contributed by atoms with Crippen LogP contribution in [0.15, 0.2) is 0 Å². The summed E-state index contributed by atoms with van der Waals surface area (Å²) in [7, 11) is 0. The Kier molecular flexibility index (Phi) is 4.71. The van der Waals surface area contributed by atoms with Crippen LogP contribution in [-0.2, 0) is 0 Å². The highest BCUT2D eigenvalue weighted by Gasteiger charge is 2.32. The Labute approximate surface area is 105 Å². The third kappa shape index (κ3) is 3.40. The number of thiocarbonyl (C=S) groups is 1. The predicted octanol–water partition coefficient (Wildman–Crippen LogP) is 1.32. The SMILES string of the molecule is CC(C)CN1CCN(C(C)(C)C(N)=S)CC1. The van der Waals surface area contributed by atoms with Gasteiger partial charge in [-0.15, -0.1) is 0 Å². The van der Waals surface area contributed by atoms with Crippen molar-refractivity contribution in [3.63, 3.8) is 0 Å². The molecule has 0 amide bonds. The van der Waals surface area contributed by atoms with Crippen molar-refractivity contribution < 1.29 is 0 Å². The highest BCUT2D eigenvalue weighted by molar-refractivity contribution is 7.80. The standard InChI is InChI=1S/C12H25N3S/c1-10(2)9-14-5-7-15(8-6-14)12(3,4)11(13)16/h10H,5-9H2,1-4H3,(H2,13,16). The minimum absolute atomic E-state index is 0.140. The zero-order valence-electron chi connectivity index (χ0n) is 11.0. The average Bonchev–Trinajstić information content (AvgIpc) is 2.17. The summed E-state index contributed by atoms with van der Waals surface area (Å²) in [5.41, 5.74) is 5.65. The number of hydrogen-bond acceptors (Lipinski definition) is 3. The smallest absolute Gasteiger partial charge is 0.0928 e. The van der Waals surface area contributed by atoms with Crippen LogP contribution in [0.1, 0.15) is 27.7 Å². The van der Waals surface area contributed by atoms with E-state index in [-0.39, 0.29) is 5.54 Å². The van der Waals surface area contributed by atoms with Crippen molar-refractivity contribution in [2.75, 3.05) is 32.7 Å². The van der Waals surface area contributed by atoms with Crippen molar-refractivity contribution in [1.82, 2.24) is 9.80 Å². The summed E-state index contributed by atoms with van der Waals surface area (Å²) in [4.78, 5) is 5.52. The van der Waals surface area contributed by atoms with Crippen LogP contribution in [0.4, 0.5) is 0 Å². The first-order valence-electron chi connectivity index (χ1n) is 6.11. The van der Waals surface area contributed by atoms with Gasteiger partial charge >= 0.3 is 0 Å². The molecular weight excluding hydrogens is 218 g/mol. The molecule has 1 saturated heterocycles. The lowest BCUT2D eigenvalue weighted by Crippen LogP contribution is -2.59. The van der Waals surface area contributed by atoms with Crippen LogP contribution in [-0.4, -0.2) is 53.1 Å². The summed E-state index contributed by atoms with van der Waals surface area (Å²) < 4.78 is 0. The highest BCUT2D eigenvalue weighted by atomic mass is 32.1. The molecule has 0 aromatic rings. The molecule has 1 aliphatic heterocycles. The van der Waals surface area contributed by atoms with E-state index in [0.29, 0.717) is 4.99 Å². The van der Waals surface area contributed by atoms with E-state index in [9.17, 15) is 0 Å². The van der Waals surface area contributed by atoms with E-state index in [1.165, 1.54) is 6.54 Å². The summed E-state index contributed by atoms with van der Waals surface area (Å²) >= 11 is 5.13.